The first kappa shape index (κ1) is 21.5. The van der Waals surface area contributed by atoms with Gasteiger partial charge in [0.15, 0.2) is 0 Å². The summed E-state index contributed by atoms with van der Waals surface area (Å²) in [6, 6.07) is 16.2. The number of likely N-dealkylation sites (tertiary alicyclic amines) is 1. The van der Waals surface area contributed by atoms with E-state index < -0.39 is 0 Å². The third kappa shape index (κ3) is 6.42. The summed E-state index contributed by atoms with van der Waals surface area (Å²) < 4.78 is 0. The van der Waals surface area contributed by atoms with E-state index in [1.165, 1.54) is 0 Å². The molecule has 7 nitrogen and oxygen atoms in total. The van der Waals surface area contributed by atoms with Crippen LogP contribution >= 0.6 is 0 Å². The number of anilines is 2. The molecular weight excluding hydrogens is 380 g/mol. The van der Waals surface area contributed by atoms with Crippen LogP contribution in [0, 0.1) is 5.92 Å². The van der Waals surface area contributed by atoms with Gasteiger partial charge in [0, 0.05) is 18.7 Å². The minimum absolute atomic E-state index is 0.162. The van der Waals surface area contributed by atoms with Gasteiger partial charge in [0.25, 0.3) is 5.91 Å². The highest BCUT2D eigenvalue weighted by molar-refractivity contribution is 6.10. The average Bonchev–Trinajstić information content (AvgIpc) is 2.73. The van der Waals surface area contributed by atoms with Crippen molar-refractivity contribution in [2.24, 2.45) is 11.7 Å². The van der Waals surface area contributed by atoms with Gasteiger partial charge in [-0.3, -0.25) is 19.3 Å². The van der Waals surface area contributed by atoms with E-state index in [9.17, 15) is 14.4 Å². The summed E-state index contributed by atoms with van der Waals surface area (Å²) in [5.74, 6) is -0.342. The first-order valence-corrected chi connectivity index (χ1v) is 10.3. The van der Waals surface area contributed by atoms with Gasteiger partial charge in [-0.1, -0.05) is 30.3 Å². The van der Waals surface area contributed by atoms with Crippen LogP contribution in [0.1, 0.15) is 36.0 Å². The maximum Gasteiger partial charge on any atom is 0.257 e. The molecule has 1 aliphatic heterocycles. The summed E-state index contributed by atoms with van der Waals surface area (Å²) in [4.78, 5) is 38.4. The molecule has 7 heteroatoms. The van der Waals surface area contributed by atoms with Crippen LogP contribution in [-0.2, 0) is 9.59 Å². The van der Waals surface area contributed by atoms with Crippen molar-refractivity contribution in [1.82, 2.24) is 4.90 Å². The summed E-state index contributed by atoms with van der Waals surface area (Å²) in [5.41, 5.74) is 6.84. The Kier molecular flexibility index (Phi) is 7.57. The van der Waals surface area contributed by atoms with Gasteiger partial charge in [0.1, 0.15) is 0 Å². The zero-order valence-corrected chi connectivity index (χ0v) is 17.0. The summed E-state index contributed by atoms with van der Waals surface area (Å²) in [6.45, 7) is 1.87. The molecule has 0 aromatic heterocycles. The molecule has 2 aromatic carbocycles. The lowest BCUT2D eigenvalue weighted by atomic mass is 9.93. The van der Waals surface area contributed by atoms with Crippen LogP contribution in [-0.4, -0.2) is 42.3 Å². The lowest BCUT2D eigenvalue weighted by molar-refractivity contribution is -0.119. The highest BCUT2D eigenvalue weighted by Gasteiger charge is 2.22. The Hall–Kier alpha value is -3.19. The monoisotopic (exact) mass is 408 g/mol. The molecule has 3 rings (SSSR count). The van der Waals surface area contributed by atoms with Crippen molar-refractivity contribution in [3.8, 4) is 0 Å². The number of nitrogens with two attached hydrogens (primary N) is 1. The number of primary amides is 1. The van der Waals surface area contributed by atoms with Crippen molar-refractivity contribution >= 4 is 29.1 Å². The van der Waals surface area contributed by atoms with Crippen molar-refractivity contribution in [2.75, 3.05) is 30.3 Å². The topological polar surface area (TPSA) is 105 Å². The number of carbonyl (C=O) groups excluding carboxylic acids is 3. The number of para-hydroxylation sites is 2. The Labute approximate surface area is 176 Å². The first-order chi connectivity index (χ1) is 14.5. The normalized spacial score (nSPS) is 16.6. The molecule has 1 heterocycles. The molecule has 1 atom stereocenters. The summed E-state index contributed by atoms with van der Waals surface area (Å²) in [5, 5.41) is 5.72. The lowest BCUT2D eigenvalue weighted by Gasteiger charge is -2.32. The van der Waals surface area contributed by atoms with Crippen molar-refractivity contribution in [1.29, 1.82) is 0 Å². The number of amides is 3. The number of benzene rings is 2. The predicted molar refractivity (Wildman–Crippen MR) is 117 cm³/mol. The van der Waals surface area contributed by atoms with E-state index >= 15 is 0 Å². The second kappa shape index (κ2) is 10.5. The molecule has 0 radical (unpaired) electrons. The zero-order chi connectivity index (χ0) is 21.3. The molecule has 3 amide bonds. The Morgan fingerprint density at radius 1 is 1.00 bits per heavy atom. The van der Waals surface area contributed by atoms with Gasteiger partial charge in [-0.2, -0.15) is 0 Å². The highest BCUT2D eigenvalue weighted by atomic mass is 16.2. The third-order valence-corrected chi connectivity index (χ3v) is 5.25. The number of nitrogens with zero attached hydrogens (tertiary/aromatic N) is 1. The van der Waals surface area contributed by atoms with Gasteiger partial charge in [-0.15, -0.1) is 0 Å². The molecule has 4 N–H and O–H groups in total. The van der Waals surface area contributed by atoms with E-state index in [4.69, 9.17) is 5.73 Å². The number of nitrogens with one attached hydrogen (secondary N) is 2. The SMILES string of the molecule is NC(=O)CCC1CCCN(CC(=O)Nc2ccccc2C(=O)Nc2ccccc2)C1. The van der Waals surface area contributed by atoms with Crippen molar-refractivity contribution in [2.45, 2.75) is 25.7 Å². The fourth-order valence-electron chi connectivity index (χ4n) is 3.78. The van der Waals surface area contributed by atoms with Gasteiger partial charge >= 0.3 is 0 Å². The quantitative estimate of drug-likeness (QED) is 0.625. The van der Waals surface area contributed by atoms with E-state index in [0.29, 0.717) is 29.3 Å². The second-order valence-corrected chi connectivity index (χ2v) is 7.66. The summed E-state index contributed by atoms with van der Waals surface area (Å²) in [6.07, 6.45) is 3.19. The molecule has 0 saturated carbocycles. The Balaban J connectivity index is 1.57. The molecule has 158 valence electrons. The van der Waals surface area contributed by atoms with E-state index in [1.54, 1.807) is 24.3 Å². The molecule has 0 spiro atoms. The number of hydrogen-bond acceptors (Lipinski definition) is 4. The molecule has 1 fully saturated rings. The molecule has 30 heavy (non-hydrogen) atoms. The second-order valence-electron chi connectivity index (χ2n) is 7.66. The fraction of sp³-hybridized carbons (Fsp3) is 0.348. The molecule has 2 aromatic rings. The van der Waals surface area contributed by atoms with Crippen LogP contribution < -0.4 is 16.4 Å². The Bertz CT molecular complexity index is 885. The summed E-state index contributed by atoms with van der Waals surface area (Å²) in [7, 11) is 0. The Morgan fingerprint density at radius 3 is 2.50 bits per heavy atom. The fourth-order valence-corrected chi connectivity index (χ4v) is 3.78. The molecular formula is C23H28N4O3. The van der Waals surface area contributed by atoms with E-state index in [1.807, 2.05) is 30.3 Å². The molecule has 1 aliphatic rings. The van der Waals surface area contributed by atoms with Crippen LogP contribution in [0.3, 0.4) is 0 Å². The highest BCUT2D eigenvalue weighted by Crippen LogP contribution is 2.21. The predicted octanol–water partition coefficient (Wildman–Crippen LogP) is 2.85. The van der Waals surface area contributed by atoms with Crippen LogP contribution in [0.2, 0.25) is 0 Å². The third-order valence-electron chi connectivity index (χ3n) is 5.25. The van der Waals surface area contributed by atoms with Crippen LogP contribution in [0.4, 0.5) is 11.4 Å². The minimum atomic E-state index is -0.282. The van der Waals surface area contributed by atoms with Gasteiger partial charge in [-0.05, 0) is 56.0 Å². The zero-order valence-electron chi connectivity index (χ0n) is 17.0. The van der Waals surface area contributed by atoms with Gasteiger partial charge in [-0.25, -0.2) is 0 Å². The molecule has 1 saturated heterocycles. The maximum atomic E-state index is 12.7. The van der Waals surface area contributed by atoms with Crippen LogP contribution in [0.25, 0.3) is 0 Å². The standard InChI is InChI=1S/C23H28N4O3/c24-21(28)13-12-17-7-6-14-27(15-17)16-22(29)26-20-11-5-4-10-19(20)23(30)25-18-8-2-1-3-9-18/h1-5,8-11,17H,6-7,12-16H2,(H2,24,28)(H,25,30)(H,26,29). The van der Waals surface area contributed by atoms with Crippen molar-refractivity contribution in [3.05, 3.63) is 60.2 Å². The average molecular weight is 409 g/mol. The largest absolute Gasteiger partial charge is 0.370 e. The van der Waals surface area contributed by atoms with E-state index in [2.05, 4.69) is 15.5 Å². The first-order valence-electron chi connectivity index (χ1n) is 10.3. The molecule has 1 unspecified atom stereocenters. The van der Waals surface area contributed by atoms with Crippen molar-refractivity contribution in [3.63, 3.8) is 0 Å². The lowest BCUT2D eigenvalue weighted by Crippen LogP contribution is -2.40. The van der Waals surface area contributed by atoms with E-state index in [-0.39, 0.29) is 24.3 Å². The number of carbonyl (C=O) groups is 3. The van der Waals surface area contributed by atoms with Gasteiger partial charge in [0.05, 0.1) is 17.8 Å². The molecule has 0 aliphatic carbocycles. The van der Waals surface area contributed by atoms with Crippen LogP contribution in [0.5, 0.6) is 0 Å². The van der Waals surface area contributed by atoms with Gasteiger partial charge < -0.3 is 16.4 Å². The van der Waals surface area contributed by atoms with Crippen LogP contribution in [0.15, 0.2) is 54.6 Å². The molecule has 0 bridgehead atoms. The maximum absolute atomic E-state index is 12.7. The minimum Gasteiger partial charge on any atom is -0.370 e. The number of piperidine rings is 1. The number of hydrogen-bond donors (Lipinski definition) is 3. The number of rotatable bonds is 8. The van der Waals surface area contributed by atoms with E-state index in [0.717, 1.165) is 32.4 Å². The Morgan fingerprint density at radius 2 is 1.73 bits per heavy atom. The van der Waals surface area contributed by atoms with Gasteiger partial charge in [0.2, 0.25) is 11.8 Å². The van der Waals surface area contributed by atoms with Crippen molar-refractivity contribution < 1.29 is 14.4 Å². The smallest absolute Gasteiger partial charge is 0.257 e. The summed E-state index contributed by atoms with van der Waals surface area (Å²) >= 11 is 0.